The fourth-order valence-electron chi connectivity index (χ4n) is 3.62. The summed E-state index contributed by atoms with van der Waals surface area (Å²) in [6.07, 6.45) is 0.469. The quantitative estimate of drug-likeness (QED) is 0.878. The number of ether oxygens (including phenoxy) is 2. The first-order valence-corrected chi connectivity index (χ1v) is 8.66. The van der Waals surface area contributed by atoms with E-state index in [1.807, 2.05) is 31.2 Å². The van der Waals surface area contributed by atoms with Crippen molar-refractivity contribution < 1.29 is 19.1 Å². The van der Waals surface area contributed by atoms with Crippen LogP contribution in [0, 0.1) is 0 Å². The van der Waals surface area contributed by atoms with Crippen molar-refractivity contribution in [1.29, 1.82) is 0 Å². The van der Waals surface area contributed by atoms with Gasteiger partial charge in [0.25, 0.3) is 5.91 Å². The first kappa shape index (κ1) is 16.7. The lowest BCUT2D eigenvalue weighted by atomic mass is 9.85. The highest BCUT2D eigenvalue weighted by atomic mass is 35.5. The van der Waals surface area contributed by atoms with Crippen LogP contribution in [-0.2, 0) is 4.79 Å². The number of hydrogen-bond acceptors (Lipinski definition) is 4. The molecule has 2 aliphatic rings. The Morgan fingerprint density at radius 1 is 1.23 bits per heavy atom. The zero-order valence-corrected chi connectivity index (χ0v) is 14.8. The molecule has 0 saturated carbocycles. The third-order valence-corrected chi connectivity index (χ3v) is 5.11. The minimum Gasteiger partial charge on any atom is -0.454 e. The molecule has 2 N–H and O–H groups in total. The molecule has 2 aromatic rings. The lowest BCUT2D eigenvalue weighted by Crippen LogP contribution is -2.45. The van der Waals surface area contributed by atoms with Crippen molar-refractivity contribution in [1.82, 2.24) is 0 Å². The molecule has 0 aromatic heterocycles. The van der Waals surface area contributed by atoms with Gasteiger partial charge in [0.05, 0.1) is 10.9 Å². The molecule has 0 aliphatic carbocycles. The Morgan fingerprint density at radius 3 is 2.77 bits per heavy atom. The number of benzene rings is 2. The highest BCUT2D eigenvalue weighted by Gasteiger charge is 2.36. The van der Waals surface area contributed by atoms with Crippen LogP contribution in [0.3, 0.4) is 0 Å². The number of amides is 2. The number of para-hydroxylation sites is 1. The van der Waals surface area contributed by atoms with Crippen LogP contribution in [0.5, 0.6) is 11.5 Å². The van der Waals surface area contributed by atoms with Gasteiger partial charge in [0.2, 0.25) is 12.7 Å². The molecule has 26 heavy (non-hydrogen) atoms. The van der Waals surface area contributed by atoms with Crippen LogP contribution in [0.1, 0.15) is 35.2 Å². The Kier molecular flexibility index (Phi) is 4.00. The topological polar surface area (TPSA) is 81.9 Å². The minimum absolute atomic E-state index is 0.0793. The van der Waals surface area contributed by atoms with E-state index >= 15 is 0 Å². The van der Waals surface area contributed by atoms with Gasteiger partial charge in [-0.3, -0.25) is 9.59 Å². The Morgan fingerprint density at radius 2 is 2.00 bits per heavy atom. The van der Waals surface area contributed by atoms with Crippen LogP contribution in [0.15, 0.2) is 36.4 Å². The molecule has 134 valence electrons. The summed E-state index contributed by atoms with van der Waals surface area (Å²) in [7, 11) is 0. The lowest BCUT2D eigenvalue weighted by molar-refractivity contribution is -0.119. The maximum Gasteiger partial charge on any atom is 0.258 e. The minimum atomic E-state index is -0.411. The predicted molar refractivity (Wildman–Crippen MR) is 96.8 cm³/mol. The molecule has 7 heteroatoms. The van der Waals surface area contributed by atoms with Gasteiger partial charge in [-0.25, -0.2) is 0 Å². The Balaban J connectivity index is 1.77. The molecule has 2 aromatic carbocycles. The number of hydrogen-bond donors (Lipinski definition) is 1. The van der Waals surface area contributed by atoms with Crippen LogP contribution in [0.2, 0.25) is 5.02 Å². The van der Waals surface area contributed by atoms with Crippen molar-refractivity contribution >= 4 is 29.1 Å². The van der Waals surface area contributed by atoms with Crippen molar-refractivity contribution in [3.05, 3.63) is 52.5 Å². The summed E-state index contributed by atoms with van der Waals surface area (Å²) in [5.41, 5.74) is 7.42. The van der Waals surface area contributed by atoms with E-state index in [4.69, 9.17) is 26.8 Å². The van der Waals surface area contributed by atoms with E-state index in [2.05, 4.69) is 0 Å². The fourth-order valence-corrected chi connectivity index (χ4v) is 3.89. The normalized spacial score (nSPS) is 20.6. The van der Waals surface area contributed by atoms with Crippen molar-refractivity contribution in [3.8, 4) is 11.5 Å². The van der Waals surface area contributed by atoms with Crippen molar-refractivity contribution in [2.45, 2.75) is 25.3 Å². The summed E-state index contributed by atoms with van der Waals surface area (Å²) in [6, 6.07) is 10.3. The molecular weight excluding hydrogens is 356 g/mol. The van der Waals surface area contributed by atoms with E-state index in [0.717, 1.165) is 5.56 Å². The van der Waals surface area contributed by atoms with Crippen LogP contribution >= 0.6 is 11.6 Å². The zero-order chi connectivity index (χ0) is 18.4. The van der Waals surface area contributed by atoms with Crippen molar-refractivity contribution in [2.24, 2.45) is 5.73 Å². The number of anilines is 1. The molecule has 0 fully saturated rings. The number of halogens is 1. The highest BCUT2D eigenvalue weighted by Crippen LogP contribution is 2.42. The number of fused-ring (bicyclic) bond motifs is 2. The zero-order valence-electron chi connectivity index (χ0n) is 14.1. The molecule has 2 amide bonds. The van der Waals surface area contributed by atoms with Gasteiger partial charge >= 0.3 is 0 Å². The van der Waals surface area contributed by atoms with Crippen molar-refractivity contribution in [2.75, 3.05) is 11.7 Å². The second kappa shape index (κ2) is 6.21. The maximum atomic E-state index is 13.3. The molecule has 0 saturated heterocycles. The first-order chi connectivity index (χ1) is 12.5. The van der Waals surface area contributed by atoms with Crippen molar-refractivity contribution in [3.63, 3.8) is 0 Å². The van der Waals surface area contributed by atoms with Gasteiger partial charge < -0.3 is 20.1 Å². The smallest absolute Gasteiger partial charge is 0.258 e. The van der Waals surface area contributed by atoms with Gasteiger partial charge in [0.1, 0.15) is 0 Å². The number of nitrogens with two attached hydrogens (primary N) is 1. The summed E-state index contributed by atoms with van der Waals surface area (Å²) < 4.78 is 10.7. The first-order valence-electron chi connectivity index (χ1n) is 8.28. The van der Waals surface area contributed by atoms with Gasteiger partial charge in [-0.2, -0.15) is 0 Å². The Bertz CT molecular complexity index is 914. The Hall–Kier alpha value is -2.73. The summed E-state index contributed by atoms with van der Waals surface area (Å²) in [4.78, 5) is 26.8. The lowest BCUT2D eigenvalue weighted by Gasteiger charge is -2.38. The number of carbonyl (C=O) groups excluding carboxylic acids is 2. The van der Waals surface area contributed by atoms with Gasteiger partial charge in [-0.15, -0.1) is 0 Å². The molecule has 4 rings (SSSR count). The summed E-state index contributed by atoms with van der Waals surface area (Å²) in [5.74, 6) is -0.112. The average Bonchev–Trinajstić information content (AvgIpc) is 3.09. The van der Waals surface area contributed by atoms with Gasteiger partial charge in [-0.05, 0) is 37.1 Å². The second-order valence-electron chi connectivity index (χ2n) is 6.47. The number of primary amides is 1. The molecule has 0 unspecified atom stereocenters. The molecule has 0 radical (unpaired) electrons. The molecular formula is C19H17ClN2O4. The van der Waals surface area contributed by atoms with Crippen LogP contribution in [-0.4, -0.2) is 24.6 Å². The molecule has 2 atom stereocenters. The van der Waals surface area contributed by atoms with Gasteiger partial charge in [-0.1, -0.05) is 29.8 Å². The van der Waals surface area contributed by atoms with E-state index in [0.29, 0.717) is 34.2 Å². The summed E-state index contributed by atoms with van der Waals surface area (Å²) in [6.45, 7) is 1.98. The number of carbonyl (C=O) groups is 2. The van der Waals surface area contributed by atoms with Gasteiger partial charge in [0.15, 0.2) is 11.5 Å². The molecule has 2 aliphatic heterocycles. The molecule has 2 heterocycles. The predicted octanol–water partition coefficient (Wildman–Crippen LogP) is 3.08. The standard InChI is InChI=1S/C19H17ClN2O4/c1-10-6-13(18(21)23)12-4-2-3-5-15(12)22(10)19(24)11-7-14(20)17-16(8-11)25-9-26-17/h2-5,7-8,10,13H,6,9H2,1H3,(H2,21,23)/t10-,13+/m1/s1. The van der Waals surface area contributed by atoms with E-state index in [1.54, 1.807) is 17.0 Å². The Labute approximate surface area is 155 Å². The van der Waals surface area contributed by atoms with E-state index in [1.165, 1.54) is 0 Å². The SMILES string of the molecule is C[C@@H]1C[C@H](C(N)=O)c2ccccc2N1C(=O)c1cc(Cl)c2c(c1)OCO2. The average molecular weight is 373 g/mol. The molecule has 6 nitrogen and oxygen atoms in total. The molecule has 0 spiro atoms. The summed E-state index contributed by atoms with van der Waals surface area (Å²) >= 11 is 6.22. The van der Waals surface area contributed by atoms with Crippen LogP contribution < -0.4 is 20.1 Å². The third-order valence-electron chi connectivity index (χ3n) is 4.83. The largest absolute Gasteiger partial charge is 0.454 e. The van der Waals surface area contributed by atoms with E-state index in [-0.39, 0.29) is 24.6 Å². The monoisotopic (exact) mass is 372 g/mol. The summed E-state index contributed by atoms with van der Waals surface area (Å²) in [5, 5.41) is 0.330. The molecule has 0 bridgehead atoms. The second-order valence-corrected chi connectivity index (χ2v) is 6.87. The maximum absolute atomic E-state index is 13.3. The number of rotatable bonds is 2. The third kappa shape index (κ3) is 2.57. The van der Waals surface area contributed by atoms with E-state index < -0.39 is 5.92 Å². The highest BCUT2D eigenvalue weighted by molar-refractivity contribution is 6.33. The van der Waals surface area contributed by atoms with Gasteiger partial charge in [0, 0.05) is 17.3 Å². The van der Waals surface area contributed by atoms with Crippen LogP contribution in [0.25, 0.3) is 0 Å². The number of nitrogens with zero attached hydrogens (tertiary/aromatic N) is 1. The van der Waals surface area contributed by atoms with Crippen LogP contribution in [0.4, 0.5) is 5.69 Å². The van der Waals surface area contributed by atoms with E-state index in [9.17, 15) is 9.59 Å². The fraction of sp³-hybridized carbons (Fsp3) is 0.263.